The zero-order valence-corrected chi connectivity index (χ0v) is 6.51. The molecule has 0 aliphatic carbocycles. The Hall–Kier alpha value is -1.14. The smallest absolute Gasteiger partial charge is 0.351 e. The zero-order valence-electron chi connectivity index (χ0n) is 6.51. The number of rotatable bonds is 3. The second kappa shape index (κ2) is 4.03. The normalized spacial score (nSPS) is 18.0. The van der Waals surface area contributed by atoms with Crippen LogP contribution < -0.4 is 5.73 Å². The molecule has 0 spiro atoms. The van der Waals surface area contributed by atoms with E-state index in [9.17, 15) is 4.79 Å². The third-order valence-corrected chi connectivity index (χ3v) is 1.37. The van der Waals surface area contributed by atoms with E-state index in [1.165, 1.54) is 11.4 Å². The molecule has 3 N–H and O–H groups in total. The molecule has 6 nitrogen and oxygen atoms in total. The van der Waals surface area contributed by atoms with E-state index in [0.717, 1.165) is 0 Å². The van der Waals surface area contributed by atoms with Crippen LogP contribution in [-0.2, 0) is 9.63 Å². The SMILES string of the molecule is N[C@@H](CO)C(=O)ON1C=NCC1. The van der Waals surface area contributed by atoms with Gasteiger partial charge in [0.05, 0.1) is 19.7 Å². The Kier molecular flexibility index (Phi) is 3.01. The number of aliphatic imine (C=N–C) groups is 1. The molecule has 0 aromatic heterocycles. The number of hydrogen-bond acceptors (Lipinski definition) is 6. The number of aliphatic hydroxyl groups excluding tert-OH is 1. The number of nitrogens with zero attached hydrogens (tertiary/aromatic N) is 2. The summed E-state index contributed by atoms with van der Waals surface area (Å²) in [6.45, 7) is 0.745. The van der Waals surface area contributed by atoms with E-state index in [4.69, 9.17) is 15.7 Å². The zero-order chi connectivity index (χ0) is 8.97. The third kappa shape index (κ3) is 2.18. The van der Waals surface area contributed by atoms with Gasteiger partial charge in [-0.3, -0.25) is 4.99 Å². The second-order valence-corrected chi connectivity index (χ2v) is 2.36. The molecule has 0 fully saturated rings. The van der Waals surface area contributed by atoms with Crippen LogP contribution in [0.25, 0.3) is 0 Å². The van der Waals surface area contributed by atoms with Gasteiger partial charge in [-0.2, -0.15) is 5.06 Å². The first kappa shape index (κ1) is 8.95. The molecule has 1 atom stereocenters. The maximum atomic E-state index is 10.9. The summed E-state index contributed by atoms with van der Waals surface area (Å²) in [5.74, 6) is -0.647. The van der Waals surface area contributed by atoms with Crippen molar-refractivity contribution in [1.29, 1.82) is 0 Å². The monoisotopic (exact) mass is 173 g/mol. The van der Waals surface area contributed by atoms with Gasteiger partial charge >= 0.3 is 5.97 Å². The Morgan fingerprint density at radius 2 is 2.67 bits per heavy atom. The molecule has 0 saturated carbocycles. The summed E-state index contributed by atoms with van der Waals surface area (Å²) in [5, 5.41) is 9.79. The van der Waals surface area contributed by atoms with Crippen LogP contribution >= 0.6 is 0 Å². The fourth-order valence-electron chi connectivity index (χ4n) is 0.690. The minimum Gasteiger partial charge on any atom is -0.394 e. The summed E-state index contributed by atoms with van der Waals surface area (Å²) in [6, 6.07) is -0.973. The summed E-state index contributed by atoms with van der Waals surface area (Å²) >= 11 is 0. The molecule has 0 saturated heterocycles. The van der Waals surface area contributed by atoms with E-state index in [1.54, 1.807) is 0 Å². The summed E-state index contributed by atoms with van der Waals surface area (Å²) in [4.78, 5) is 19.5. The van der Waals surface area contributed by atoms with Gasteiger partial charge in [-0.15, -0.1) is 0 Å². The van der Waals surface area contributed by atoms with Crippen molar-refractivity contribution in [3.05, 3.63) is 0 Å². The molecule has 68 valence electrons. The van der Waals surface area contributed by atoms with E-state index in [2.05, 4.69) is 4.99 Å². The summed E-state index contributed by atoms with van der Waals surface area (Å²) in [6.07, 6.45) is 1.42. The fourth-order valence-corrected chi connectivity index (χ4v) is 0.690. The van der Waals surface area contributed by atoms with Crippen LogP contribution in [0.5, 0.6) is 0 Å². The van der Waals surface area contributed by atoms with Crippen LogP contribution in [0.1, 0.15) is 0 Å². The summed E-state index contributed by atoms with van der Waals surface area (Å²) in [5.41, 5.74) is 5.20. The highest BCUT2D eigenvalue weighted by Crippen LogP contribution is 1.96. The Bertz CT molecular complexity index is 194. The molecule has 1 aliphatic rings. The van der Waals surface area contributed by atoms with Gasteiger partial charge in [-0.25, -0.2) is 4.79 Å². The van der Waals surface area contributed by atoms with Crippen LogP contribution in [0.15, 0.2) is 4.99 Å². The molecule has 0 aromatic rings. The first-order valence-electron chi connectivity index (χ1n) is 3.59. The number of aliphatic hydroxyl groups is 1. The minimum absolute atomic E-state index is 0.413. The first-order chi connectivity index (χ1) is 5.74. The van der Waals surface area contributed by atoms with E-state index < -0.39 is 18.6 Å². The maximum absolute atomic E-state index is 10.9. The van der Waals surface area contributed by atoms with Gasteiger partial charge in [0.25, 0.3) is 0 Å². The highest BCUT2D eigenvalue weighted by atomic mass is 16.7. The van der Waals surface area contributed by atoms with E-state index >= 15 is 0 Å². The van der Waals surface area contributed by atoms with Crippen LogP contribution in [0.3, 0.4) is 0 Å². The Morgan fingerprint density at radius 3 is 3.17 bits per heavy atom. The largest absolute Gasteiger partial charge is 0.394 e. The van der Waals surface area contributed by atoms with Crippen LogP contribution in [0.2, 0.25) is 0 Å². The molecule has 0 radical (unpaired) electrons. The Balaban J connectivity index is 2.30. The number of nitrogens with two attached hydrogens (primary N) is 1. The molecular formula is C6H11N3O3. The van der Waals surface area contributed by atoms with Gasteiger partial charge in [0.1, 0.15) is 12.4 Å². The summed E-state index contributed by atoms with van der Waals surface area (Å²) < 4.78 is 0. The first-order valence-corrected chi connectivity index (χ1v) is 3.59. The molecule has 1 heterocycles. The lowest BCUT2D eigenvalue weighted by Gasteiger charge is -2.14. The van der Waals surface area contributed by atoms with Crippen molar-refractivity contribution in [3.8, 4) is 0 Å². The standard InChI is InChI=1S/C6H11N3O3/c7-5(3-10)6(11)12-9-2-1-8-4-9/h4-5,10H,1-3,7H2/t5-/m0/s1. The van der Waals surface area contributed by atoms with E-state index in [0.29, 0.717) is 13.1 Å². The molecule has 1 rings (SSSR count). The van der Waals surface area contributed by atoms with Crippen molar-refractivity contribution in [2.45, 2.75) is 6.04 Å². The quantitative estimate of drug-likeness (QED) is 0.521. The Morgan fingerprint density at radius 1 is 1.92 bits per heavy atom. The number of hydrogen-bond donors (Lipinski definition) is 2. The van der Waals surface area contributed by atoms with Gasteiger partial charge in [-0.1, -0.05) is 0 Å². The predicted molar refractivity (Wildman–Crippen MR) is 41.2 cm³/mol. The van der Waals surface area contributed by atoms with E-state index in [1.807, 2.05) is 0 Å². The Labute approximate surface area is 69.6 Å². The lowest BCUT2D eigenvalue weighted by Crippen LogP contribution is -2.39. The number of carbonyl (C=O) groups is 1. The average molecular weight is 173 g/mol. The molecule has 12 heavy (non-hydrogen) atoms. The van der Waals surface area contributed by atoms with Crippen molar-refractivity contribution in [3.63, 3.8) is 0 Å². The average Bonchev–Trinajstić information content (AvgIpc) is 2.55. The molecule has 0 bridgehead atoms. The molecular weight excluding hydrogens is 162 g/mol. The van der Waals surface area contributed by atoms with Crippen molar-refractivity contribution in [2.75, 3.05) is 19.7 Å². The molecule has 0 aromatic carbocycles. The lowest BCUT2D eigenvalue weighted by molar-refractivity contribution is -0.172. The van der Waals surface area contributed by atoms with Crippen LogP contribution in [0, 0.1) is 0 Å². The molecule has 0 unspecified atom stereocenters. The van der Waals surface area contributed by atoms with Gasteiger partial charge in [-0.05, 0) is 0 Å². The minimum atomic E-state index is -0.973. The van der Waals surface area contributed by atoms with Gasteiger partial charge in [0.2, 0.25) is 0 Å². The van der Waals surface area contributed by atoms with E-state index in [-0.39, 0.29) is 0 Å². The fraction of sp³-hybridized carbons (Fsp3) is 0.667. The number of carbonyl (C=O) groups excluding carboxylic acids is 1. The van der Waals surface area contributed by atoms with Crippen molar-refractivity contribution < 1.29 is 14.7 Å². The van der Waals surface area contributed by atoms with Gasteiger partial charge in [0, 0.05) is 0 Å². The lowest BCUT2D eigenvalue weighted by atomic mass is 10.3. The van der Waals surface area contributed by atoms with Gasteiger partial charge in [0.15, 0.2) is 0 Å². The highest BCUT2D eigenvalue weighted by molar-refractivity contribution is 5.76. The van der Waals surface area contributed by atoms with Crippen molar-refractivity contribution >= 4 is 12.3 Å². The molecule has 0 amide bonds. The number of hydroxylamine groups is 2. The van der Waals surface area contributed by atoms with Crippen LogP contribution in [-0.4, -0.2) is 48.2 Å². The predicted octanol–water partition coefficient (Wildman–Crippen LogP) is -1.89. The maximum Gasteiger partial charge on any atom is 0.351 e. The molecule has 6 heteroatoms. The van der Waals surface area contributed by atoms with Crippen molar-refractivity contribution in [1.82, 2.24) is 5.06 Å². The van der Waals surface area contributed by atoms with Crippen molar-refractivity contribution in [2.24, 2.45) is 10.7 Å². The molecule has 1 aliphatic heterocycles. The third-order valence-electron chi connectivity index (χ3n) is 1.37. The highest BCUT2D eigenvalue weighted by Gasteiger charge is 2.18. The van der Waals surface area contributed by atoms with Gasteiger partial charge < -0.3 is 15.7 Å². The van der Waals surface area contributed by atoms with Crippen LogP contribution in [0.4, 0.5) is 0 Å². The topological polar surface area (TPSA) is 88.1 Å². The second-order valence-electron chi connectivity index (χ2n) is 2.36. The summed E-state index contributed by atoms with van der Waals surface area (Å²) in [7, 11) is 0.